The molecule has 4 atom stereocenters. The van der Waals surface area contributed by atoms with E-state index in [9.17, 15) is 24.5 Å². The minimum absolute atomic E-state index is 0.0209. The second-order valence-electron chi connectivity index (χ2n) is 10.7. The fourth-order valence-corrected chi connectivity index (χ4v) is 7.26. The first-order chi connectivity index (χ1) is 14.4. The number of nitrogens with zero attached hydrogens (tertiary/aromatic N) is 3. The van der Waals surface area contributed by atoms with Crippen molar-refractivity contribution in [3.63, 3.8) is 0 Å². The number of carbonyl (C=O) groups is 3. The van der Waals surface area contributed by atoms with Gasteiger partial charge in [-0.15, -0.1) is 0 Å². The lowest BCUT2D eigenvalue weighted by Gasteiger charge is -2.53. The molecular formula is C22H26N4O5. The SMILES string of the molecule is CN1C(=O)NC(=O)[C@]2(Cc3cc([N+](=O)[O-])ccc3N3[C@H]4CC(C)(C)C[C@@](C)(C4)[C@@H]32)C1=O. The van der Waals surface area contributed by atoms with Crippen LogP contribution in [-0.4, -0.2) is 46.8 Å². The standard InChI is InChI=1S/C22H26N4O5/c1-20(2)9-14-10-21(3,11-20)16-22(17(27)23-19(29)24(4)18(22)28)8-12-7-13(26(30)31)5-6-15(12)25(14)16/h5-7,14,16H,8-11H2,1-4H3,(H,23,27,29)/t14-,16+,21+,22+/m0/s1. The number of fused-ring (bicyclic) bond motifs is 8. The van der Waals surface area contributed by atoms with Crippen LogP contribution in [0.3, 0.4) is 0 Å². The maximum atomic E-state index is 13.7. The smallest absolute Gasteiger partial charge is 0.330 e. The zero-order valence-electron chi connectivity index (χ0n) is 18.1. The number of barbiturate groups is 1. The summed E-state index contributed by atoms with van der Waals surface area (Å²) in [5.74, 6) is -1.13. The number of anilines is 1. The van der Waals surface area contributed by atoms with E-state index in [1.165, 1.54) is 19.2 Å². The Hall–Kier alpha value is -2.97. The van der Waals surface area contributed by atoms with E-state index in [4.69, 9.17) is 0 Å². The maximum Gasteiger partial charge on any atom is 0.330 e. The molecule has 5 rings (SSSR count). The number of benzene rings is 1. The molecule has 9 nitrogen and oxygen atoms in total. The third kappa shape index (κ3) is 2.46. The Morgan fingerprint density at radius 3 is 2.55 bits per heavy atom. The molecule has 3 heterocycles. The number of nitro benzene ring substituents is 1. The predicted molar refractivity (Wildman–Crippen MR) is 111 cm³/mol. The van der Waals surface area contributed by atoms with Crippen LogP contribution in [0.5, 0.6) is 0 Å². The van der Waals surface area contributed by atoms with Gasteiger partial charge in [0.25, 0.3) is 5.69 Å². The number of urea groups is 1. The Labute approximate surface area is 179 Å². The number of hydrogen-bond donors (Lipinski definition) is 1. The summed E-state index contributed by atoms with van der Waals surface area (Å²) in [5, 5.41) is 13.8. The fraction of sp³-hybridized carbons (Fsp3) is 0.591. The highest BCUT2D eigenvalue weighted by Crippen LogP contribution is 2.64. The van der Waals surface area contributed by atoms with Gasteiger partial charge >= 0.3 is 6.03 Å². The van der Waals surface area contributed by atoms with Crippen LogP contribution in [0.25, 0.3) is 0 Å². The van der Waals surface area contributed by atoms with Crippen LogP contribution >= 0.6 is 0 Å². The molecule has 1 N–H and O–H groups in total. The number of amides is 4. The summed E-state index contributed by atoms with van der Waals surface area (Å²) in [7, 11) is 1.38. The first-order valence-corrected chi connectivity index (χ1v) is 10.6. The van der Waals surface area contributed by atoms with Gasteiger partial charge in [0.1, 0.15) is 0 Å². The molecule has 2 bridgehead atoms. The van der Waals surface area contributed by atoms with Gasteiger partial charge in [0.05, 0.1) is 11.0 Å². The first-order valence-electron chi connectivity index (χ1n) is 10.6. The summed E-state index contributed by atoms with van der Waals surface area (Å²) >= 11 is 0. The van der Waals surface area contributed by atoms with E-state index in [2.05, 4.69) is 31.0 Å². The summed E-state index contributed by atoms with van der Waals surface area (Å²) in [6.07, 6.45) is 2.61. The van der Waals surface area contributed by atoms with E-state index in [1.807, 2.05) is 0 Å². The van der Waals surface area contributed by atoms with Crippen molar-refractivity contribution in [2.45, 2.75) is 58.5 Å². The highest BCUT2D eigenvalue weighted by Gasteiger charge is 2.71. The van der Waals surface area contributed by atoms with Crippen molar-refractivity contribution in [2.24, 2.45) is 16.2 Å². The molecule has 1 aliphatic carbocycles. The Bertz CT molecular complexity index is 1070. The molecule has 2 saturated heterocycles. The molecule has 3 fully saturated rings. The van der Waals surface area contributed by atoms with Gasteiger partial charge in [-0.25, -0.2) is 4.79 Å². The van der Waals surface area contributed by atoms with Crippen molar-refractivity contribution in [3.05, 3.63) is 33.9 Å². The Balaban J connectivity index is 1.78. The summed E-state index contributed by atoms with van der Waals surface area (Å²) < 4.78 is 0. The highest BCUT2D eigenvalue weighted by atomic mass is 16.6. The molecule has 0 aromatic heterocycles. The molecular weight excluding hydrogens is 400 g/mol. The quantitative estimate of drug-likeness (QED) is 0.420. The molecule has 1 spiro atoms. The van der Waals surface area contributed by atoms with Crippen LogP contribution in [0.2, 0.25) is 0 Å². The Morgan fingerprint density at radius 2 is 1.87 bits per heavy atom. The van der Waals surface area contributed by atoms with E-state index in [-0.39, 0.29) is 29.0 Å². The molecule has 3 aliphatic heterocycles. The van der Waals surface area contributed by atoms with Crippen molar-refractivity contribution in [1.82, 2.24) is 10.2 Å². The van der Waals surface area contributed by atoms with E-state index in [1.54, 1.807) is 6.07 Å². The maximum absolute atomic E-state index is 13.7. The molecule has 9 heteroatoms. The van der Waals surface area contributed by atoms with Gasteiger partial charge in [0, 0.05) is 37.3 Å². The molecule has 31 heavy (non-hydrogen) atoms. The van der Waals surface area contributed by atoms with E-state index < -0.39 is 34.2 Å². The first kappa shape index (κ1) is 20.0. The number of non-ortho nitro benzene ring substituents is 1. The third-order valence-corrected chi connectivity index (χ3v) is 7.81. The predicted octanol–water partition coefficient (Wildman–Crippen LogP) is 2.62. The minimum Gasteiger partial charge on any atom is -0.363 e. The van der Waals surface area contributed by atoms with Crippen molar-refractivity contribution in [1.29, 1.82) is 0 Å². The van der Waals surface area contributed by atoms with Crippen LogP contribution in [0.4, 0.5) is 16.2 Å². The molecule has 0 unspecified atom stereocenters. The minimum atomic E-state index is -1.51. The zero-order valence-corrected chi connectivity index (χ0v) is 18.1. The largest absolute Gasteiger partial charge is 0.363 e. The van der Waals surface area contributed by atoms with E-state index in [0.29, 0.717) is 5.56 Å². The van der Waals surface area contributed by atoms with Gasteiger partial charge in [0.15, 0.2) is 5.41 Å². The van der Waals surface area contributed by atoms with Crippen molar-refractivity contribution in [3.8, 4) is 0 Å². The van der Waals surface area contributed by atoms with Gasteiger partial charge in [0.2, 0.25) is 11.8 Å². The molecule has 1 aromatic rings. The average molecular weight is 426 g/mol. The van der Waals surface area contributed by atoms with Crippen LogP contribution in [-0.2, 0) is 16.0 Å². The molecule has 1 saturated carbocycles. The summed E-state index contributed by atoms with van der Waals surface area (Å²) in [4.78, 5) is 53.4. The molecule has 1 aromatic carbocycles. The normalized spacial score (nSPS) is 35.7. The lowest BCUT2D eigenvalue weighted by molar-refractivity contribution is -0.384. The van der Waals surface area contributed by atoms with Gasteiger partial charge in [-0.1, -0.05) is 20.8 Å². The second kappa shape index (κ2) is 5.83. The van der Waals surface area contributed by atoms with E-state index in [0.717, 1.165) is 29.8 Å². The summed E-state index contributed by atoms with van der Waals surface area (Å²) in [5.41, 5.74) is -0.422. The Morgan fingerprint density at radius 1 is 1.16 bits per heavy atom. The Kier molecular flexibility index (Phi) is 3.76. The van der Waals surface area contributed by atoms with Crippen molar-refractivity contribution >= 4 is 29.2 Å². The number of nitrogens with one attached hydrogen (secondary N) is 1. The van der Waals surface area contributed by atoms with Gasteiger partial charge in [-0.05, 0) is 41.7 Å². The fourth-order valence-electron chi connectivity index (χ4n) is 7.26. The van der Waals surface area contributed by atoms with Crippen molar-refractivity contribution < 1.29 is 19.3 Å². The topological polar surface area (TPSA) is 113 Å². The van der Waals surface area contributed by atoms with Crippen LogP contribution < -0.4 is 10.2 Å². The number of carbonyl (C=O) groups excluding carboxylic acids is 3. The molecule has 4 aliphatic rings. The average Bonchev–Trinajstić information content (AvgIpc) is 2.90. The summed E-state index contributed by atoms with van der Waals surface area (Å²) in [6, 6.07) is 3.67. The lowest BCUT2D eigenvalue weighted by Crippen LogP contribution is -2.72. The number of imide groups is 2. The zero-order chi connectivity index (χ0) is 22.5. The lowest BCUT2D eigenvalue weighted by atomic mass is 9.56. The van der Waals surface area contributed by atoms with Gasteiger partial charge in [-0.3, -0.25) is 29.9 Å². The third-order valence-electron chi connectivity index (χ3n) is 7.81. The number of hydrogen-bond acceptors (Lipinski definition) is 6. The molecule has 0 radical (unpaired) electrons. The number of nitro groups is 1. The van der Waals surface area contributed by atoms with Crippen LogP contribution in [0.1, 0.15) is 45.6 Å². The molecule has 4 amide bonds. The highest BCUT2D eigenvalue weighted by molar-refractivity contribution is 6.20. The van der Waals surface area contributed by atoms with E-state index >= 15 is 0 Å². The second-order valence-corrected chi connectivity index (χ2v) is 10.7. The number of rotatable bonds is 1. The van der Waals surface area contributed by atoms with Crippen LogP contribution in [0.15, 0.2) is 18.2 Å². The van der Waals surface area contributed by atoms with Gasteiger partial charge < -0.3 is 4.90 Å². The van der Waals surface area contributed by atoms with Crippen molar-refractivity contribution in [2.75, 3.05) is 11.9 Å². The monoisotopic (exact) mass is 426 g/mol. The van der Waals surface area contributed by atoms with Gasteiger partial charge in [-0.2, -0.15) is 0 Å². The molecule has 164 valence electrons. The summed E-state index contributed by atoms with van der Waals surface area (Å²) in [6.45, 7) is 6.55. The van der Waals surface area contributed by atoms with Crippen LogP contribution in [0, 0.1) is 26.4 Å².